The fourth-order valence-corrected chi connectivity index (χ4v) is 4.30. The number of nitrogens with zero attached hydrogens (tertiary/aromatic N) is 1. The number of ether oxygens (including phenoxy) is 2. The number of para-hydroxylation sites is 1. The second-order valence-electron chi connectivity index (χ2n) is 9.33. The fraction of sp³-hybridized carbons (Fsp3) is 0.188. The Bertz CT molecular complexity index is 1590. The van der Waals surface area contributed by atoms with Crippen molar-refractivity contribution in [3.8, 4) is 22.6 Å². The minimum atomic E-state index is -4.67. The molecule has 4 aromatic rings. The number of carbonyl (C=O) groups excluding carboxylic acids is 2. The number of alkyl halides is 6. The van der Waals surface area contributed by atoms with Gasteiger partial charge in [-0.25, -0.2) is 0 Å². The molecule has 43 heavy (non-hydrogen) atoms. The summed E-state index contributed by atoms with van der Waals surface area (Å²) in [5.74, 6) is -0.935. The quantitative estimate of drug-likeness (QED) is 0.143. The van der Waals surface area contributed by atoms with Crippen molar-refractivity contribution in [1.29, 1.82) is 0 Å². The number of amides is 1. The molecule has 1 amide bonds. The van der Waals surface area contributed by atoms with Crippen molar-refractivity contribution in [2.45, 2.75) is 25.7 Å². The summed E-state index contributed by atoms with van der Waals surface area (Å²) in [7, 11) is 0. The van der Waals surface area contributed by atoms with Crippen LogP contribution in [0.1, 0.15) is 23.6 Å². The van der Waals surface area contributed by atoms with Gasteiger partial charge in [0.2, 0.25) is 5.91 Å². The average Bonchev–Trinajstić information content (AvgIpc) is 2.96. The smallest absolute Gasteiger partial charge is 0.416 e. The van der Waals surface area contributed by atoms with Crippen LogP contribution in [0.25, 0.3) is 11.1 Å². The lowest BCUT2D eigenvalue weighted by Crippen LogP contribution is -2.38. The molecule has 0 aliphatic heterocycles. The lowest BCUT2D eigenvalue weighted by molar-refractivity contribution is -0.142. The van der Waals surface area contributed by atoms with Crippen molar-refractivity contribution < 1.29 is 45.4 Å². The maximum absolute atomic E-state index is 13.6. The molecule has 0 unspecified atom stereocenters. The lowest BCUT2D eigenvalue weighted by atomic mass is 9.99. The van der Waals surface area contributed by atoms with Gasteiger partial charge >= 0.3 is 18.3 Å². The third kappa shape index (κ3) is 8.15. The molecule has 0 saturated carbocycles. The Labute approximate surface area is 243 Å². The molecule has 4 aromatic carbocycles. The van der Waals surface area contributed by atoms with Crippen molar-refractivity contribution >= 4 is 17.6 Å². The molecule has 5 nitrogen and oxygen atoms in total. The summed E-state index contributed by atoms with van der Waals surface area (Å²) in [5, 5.41) is 0. The van der Waals surface area contributed by atoms with Gasteiger partial charge in [0.05, 0.1) is 29.8 Å². The van der Waals surface area contributed by atoms with Crippen LogP contribution in [0.15, 0.2) is 97.1 Å². The highest BCUT2D eigenvalue weighted by molar-refractivity contribution is 6.02. The summed E-state index contributed by atoms with van der Waals surface area (Å²) in [5.41, 5.74) is -1.67. The van der Waals surface area contributed by atoms with Crippen LogP contribution in [0.2, 0.25) is 0 Å². The van der Waals surface area contributed by atoms with Crippen LogP contribution in [-0.2, 0) is 33.1 Å². The average molecular weight is 602 g/mol. The number of anilines is 1. The Kier molecular flexibility index (Phi) is 9.43. The Morgan fingerprint density at radius 1 is 0.721 bits per heavy atom. The first-order valence-electron chi connectivity index (χ1n) is 13.0. The van der Waals surface area contributed by atoms with E-state index in [4.69, 9.17) is 9.47 Å². The summed E-state index contributed by atoms with van der Waals surface area (Å²) < 4.78 is 91.6. The van der Waals surface area contributed by atoms with Gasteiger partial charge in [0.15, 0.2) is 0 Å². The molecule has 0 aromatic heterocycles. The van der Waals surface area contributed by atoms with E-state index in [1.165, 1.54) is 36.4 Å². The van der Waals surface area contributed by atoms with E-state index in [1.807, 2.05) is 0 Å². The highest BCUT2D eigenvalue weighted by Crippen LogP contribution is 2.39. The Balaban J connectivity index is 1.82. The normalized spacial score (nSPS) is 11.6. The Morgan fingerprint density at radius 2 is 1.37 bits per heavy atom. The first kappa shape index (κ1) is 31.1. The largest absolute Gasteiger partial charge is 0.465 e. The summed E-state index contributed by atoms with van der Waals surface area (Å²) >= 11 is 0. The topological polar surface area (TPSA) is 55.8 Å². The van der Waals surface area contributed by atoms with Crippen LogP contribution in [0, 0.1) is 0 Å². The van der Waals surface area contributed by atoms with Crippen molar-refractivity contribution in [2.24, 2.45) is 0 Å². The maximum Gasteiger partial charge on any atom is 0.416 e. The van der Waals surface area contributed by atoms with Gasteiger partial charge in [-0.2, -0.15) is 26.3 Å². The summed E-state index contributed by atoms with van der Waals surface area (Å²) in [6, 6.07) is 21.4. The second-order valence-corrected chi connectivity index (χ2v) is 9.33. The number of benzene rings is 4. The van der Waals surface area contributed by atoms with E-state index in [9.17, 15) is 35.9 Å². The summed E-state index contributed by atoms with van der Waals surface area (Å²) in [4.78, 5) is 27.2. The molecule has 0 spiro atoms. The molecule has 0 aliphatic carbocycles. The van der Waals surface area contributed by atoms with Gasteiger partial charge in [-0.3, -0.25) is 9.59 Å². The standard InChI is InChI=1S/C32H25F6NO4/c1-2-42-30(41)20-39(29(40)17-21-8-6-10-23(16-21)31(33,34)35)28-15-14-26(43-25-12-4-3-5-13-25)19-27(28)22-9-7-11-24(18-22)32(36,37)38/h3-16,18-19H,2,17,20H2,1H3. The fourth-order valence-electron chi connectivity index (χ4n) is 4.30. The van der Waals surface area contributed by atoms with E-state index >= 15 is 0 Å². The third-order valence-electron chi connectivity index (χ3n) is 6.24. The van der Waals surface area contributed by atoms with E-state index in [0.29, 0.717) is 5.75 Å². The minimum absolute atomic E-state index is 0.0150. The molecule has 0 atom stereocenters. The molecule has 0 radical (unpaired) electrons. The molecular formula is C32H25F6NO4. The number of rotatable bonds is 9. The molecule has 0 fully saturated rings. The number of halogens is 6. The summed E-state index contributed by atoms with van der Waals surface area (Å²) in [6.07, 6.45) is -9.85. The van der Waals surface area contributed by atoms with Crippen LogP contribution < -0.4 is 9.64 Å². The lowest BCUT2D eigenvalue weighted by Gasteiger charge is -2.26. The number of hydrogen-bond acceptors (Lipinski definition) is 4. The maximum atomic E-state index is 13.6. The number of hydrogen-bond donors (Lipinski definition) is 0. The molecule has 0 N–H and O–H groups in total. The van der Waals surface area contributed by atoms with Crippen LogP contribution in [0.5, 0.6) is 11.5 Å². The predicted octanol–water partition coefficient (Wildman–Crippen LogP) is 8.32. The van der Waals surface area contributed by atoms with Crippen molar-refractivity contribution in [3.63, 3.8) is 0 Å². The molecule has 224 valence electrons. The van der Waals surface area contributed by atoms with E-state index in [2.05, 4.69) is 0 Å². The SMILES string of the molecule is CCOC(=O)CN(C(=O)Cc1cccc(C(F)(F)F)c1)c1ccc(Oc2ccccc2)cc1-c1cccc(C(F)(F)F)c1. The van der Waals surface area contributed by atoms with Crippen LogP contribution in [0.4, 0.5) is 32.0 Å². The van der Waals surface area contributed by atoms with Crippen molar-refractivity contribution in [2.75, 3.05) is 18.1 Å². The highest BCUT2D eigenvalue weighted by Gasteiger charge is 2.32. The zero-order chi connectivity index (χ0) is 31.2. The number of carbonyl (C=O) groups is 2. The van der Waals surface area contributed by atoms with E-state index < -0.39 is 48.3 Å². The minimum Gasteiger partial charge on any atom is -0.465 e. The first-order chi connectivity index (χ1) is 20.3. The predicted molar refractivity (Wildman–Crippen MR) is 148 cm³/mol. The first-order valence-corrected chi connectivity index (χ1v) is 13.0. The van der Waals surface area contributed by atoms with Gasteiger partial charge < -0.3 is 14.4 Å². The van der Waals surface area contributed by atoms with Gasteiger partial charge in [-0.05, 0) is 66.6 Å². The van der Waals surface area contributed by atoms with Crippen LogP contribution in [0.3, 0.4) is 0 Å². The van der Waals surface area contributed by atoms with Gasteiger partial charge in [0.1, 0.15) is 18.0 Å². The molecule has 11 heteroatoms. The zero-order valence-electron chi connectivity index (χ0n) is 22.7. The molecule has 0 aliphatic rings. The second kappa shape index (κ2) is 13.0. The Hall–Kier alpha value is -4.80. The van der Waals surface area contributed by atoms with Gasteiger partial charge in [-0.15, -0.1) is 0 Å². The van der Waals surface area contributed by atoms with Gasteiger partial charge in [-0.1, -0.05) is 48.5 Å². The van der Waals surface area contributed by atoms with E-state index in [0.717, 1.165) is 35.2 Å². The van der Waals surface area contributed by atoms with Crippen molar-refractivity contribution in [1.82, 2.24) is 0 Å². The zero-order valence-corrected chi connectivity index (χ0v) is 22.7. The molecule has 4 rings (SSSR count). The molecule has 0 heterocycles. The van der Waals surface area contributed by atoms with Crippen LogP contribution in [-0.4, -0.2) is 25.0 Å². The number of esters is 1. The van der Waals surface area contributed by atoms with E-state index in [-0.39, 0.29) is 34.7 Å². The molecule has 0 bridgehead atoms. The van der Waals surface area contributed by atoms with Gasteiger partial charge in [0.25, 0.3) is 0 Å². The monoisotopic (exact) mass is 601 g/mol. The molecule has 0 saturated heterocycles. The molecular weight excluding hydrogens is 576 g/mol. The Morgan fingerprint density at radius 3 is 2.02 bits per heavy atom. The third-order valence-corrected chi connectivity index (χ3v) is 6.24. The van der Waals surface area contributed by atoms with Crippen molar-refractivity contribution in [3.05, 3.63) is 114 Å². The van der Waals surface area contributed by atoms with E-state index in [1.54, 1.807) is 37.3 Å². The summed E-state index contributed by atoms with van der Waals surface area (Å²) in [6.45, 7) is 0.895. The van der Waals surface area contributed by atoms with Gasteiger partial charge in [0, 0.05) is 5.56 Å². The van der Waals surface area contributed by atoms with Crippen LogP contribution >= 0.6 is 0 Å². The highest BCUT2D eigenvalue weighted by atomic mass is 19.4.